The molecule has 0 aromatic heterocycles. The highest BCUT2D eigenvalue weighted by atomic mass is 79.9. The minimum absolute atomic E-state index is 0.125. The third kappa shape index (κ3) is 1.84. The molecular weight excluding hydrogens is 200 g/mol. The van der Waals surface area contributed by atoms with Gasteiger partial charge in [-0.2, -0.15) is 0 Å². The summed E-state index contributed by atoms with van der Waals surface area (Å²) in [5.74, 6) is 0.528. The molecule has 0 N–H and O–H groups in total. The molecule has 0 radical (unpaired) electrons. The zero-order valence-electron chi connectivity index (χ0n) is 6.97. The van der Waals surface area contributed by atoms with Gasteiger partial charge in [0.05, 0.1) is 0 Å². The lowest BCUT2D eigenvalue weighted by molar-refractivity contribution is 0.609. The highest BCUT2D eigenvalue weighted by Gasteiger charge is 2.25. The van der Waals surface area contributed by atoms with E-state index in [9.17, 15) is 0 Å². The Morgan fingerprint density at radius 3 is 2.82 bits per heavy atom. The van der Waals surface area contributed by atoms with Crippen molar-refractivity contribution in [3.05, 3.63) is 36.5 Å². The molecule has 11 heavy (non-hydrogen) atoms. The van der Waals surface area contributed by atoms with Crippen LogP contribution in [0.15, 0.2) is 36.5 Å². The zero-order valence-corrected chi connectivity index (χ0v) is 8.56. The van der Waals surface area contributed by atoms with E-state index in [1.54, 1.807) is 0 Å². The molecule has 0 saturated carbocycles. The van der Waals surface area contributed by atoms with Gasteiger partial charge >= 0.3 is 0 Å². The third-order valence-corrected chi connectivity index (χ3v) is 3.16. The number of rotatable bonds is 1. The van der Waals surface area contributed by atoms with E-state index in [2.05, 4.69) is 54.6 Å². The van der Waals surface area contributed by atoms with E-state index in [1.165, 1.54) is 5.57 Å². The van der Waals surface area contributed by atoms with Crippen LogP contribution in [0.2, 0.25) is 0 Å². The van der Waals surface area contributed by atoms with Gasteiger partial charge in [0, 0.05) is 4.32 Å². The van der Waals surface area contributed by atoms with Crippen molar-refractivity contribution in [1.82, 2.24) is 0 Å². The molecule has 1 heteroatoms. The Morgan fingerprint density at radius 1 is 1.73 bits per heavy atom. The van der Waals surface area contributed by atoms with Gasteiger partial charge in [-0.25, -0.2) is 0 Å². The van der Waals surface area contributed by atoms with Gasteiger partial charge in [-0.15, -0.1) is 0 Å². The number of halogens is 1. The molecule has 0 nitrogen and oxygen atoms in total. The van der Waals surface area contributed by atoms with E-state index < -0.39 is 0 Å². The van der Waals surface area contributed by atoms with Crippen LogP contribution in [0, 0.1) is 5.92 Å². The standard InChI is InChI=1S/C10H13Br/c1-4-9-5-6-10(3,11)8(2)7-9/h4-8H,1H2,2-3H3. The van der Waals surface area contributed by atoms with Crippen LogP contribution in [-0.2, 0) is 0 Å². The first-order chi connectivity index (χ1) is 5.06. The van der Waals surface area contributed by atoms with Gasteiger partial charge in [-0.1, -0.05) is 53.7 Å². The van der Waals surface area contributed by atoms with Crippen LogP contribution in [0.25, 0.3) is 0 Å². The number of hydrogen-bond acceptors (Lipinski definition) is 0. The molecular formula is C10H13Br. The molecule has 0 aliphatic heterocycles. The summed E-state index contributed by atoms with van der Waals surface area (Å²) in [5, 5.41) is 0. The van der Waals surface area contributed by atoms with Crippen LogP contribution >= 0.6 is 15.9 Å². The fourth-order valence-electron chi connectivity index (χ4n) is 1.05. The summed E-state index contributed by atoms with van der Waals surface area (Å²) in [6.07, 6.45) is 8.38. The second kappa shape index (κ2) is 2.98. The molecule has 1 rings (SSSR count). The Morgan fingerprint density at radius 2 is 2.36 bits per heavy atom. The van der Waals surface area contributed by atoms with Gasteiger partial charge in [0.2, 0.25) is 0 Å². The zero-order chi connectivity index (χ0) is 8.48. The first kappa shape index (κ1) is 8.79. The lowest BCUT2D eigenvalue weighted by atomic mass is 9.88. The first-order valence-corrected chi connectivity index (χ1v) is 4.58. The summed E-state index contributed by atoms with van der Waals surface area (Å²) in [5.41, 5.74) is 1.22. The number of allylic oxidation sites excluding steroid dienone is 5. The van der Waals surface area contributed by atoms with Gasteiger partial charge in [-0.3, -0.25) is 0 Å². The van der Waals surface area contributed by atoms with Crippen molar-refractivity contribution < 1.29 is 0 Å². The molecule has 1 aliphatic rings. The van der Waals surface area contributed by atoms with Gasteiger partial charge in [0.25, 0.3) is 0 Å². The lowest BCUT2D eigenvalue weighted by Crippen LogP contribution is -2.23. The average molecular weight is 213 g/mol. The van der Waals surface area contributed by atoms with Gasteiger partial charge < -0.3 is 0 Å². The van der Waals surface area contributed by atoms with Crippen molar-refractivity contribution in [2.75, 3.05) is 0 Å². The Kier molecular flexibility index (Phi) is 2.38. The number of alkyl halides is 1. The van der Waals surface area contributed by atoms with E-state index >= 15 is 0 Å². The minimum atomic E-state index is 0.125. The smallest absolute Gasteiger partial charge is 0.0472 e. The van der Waals surface area contributed by atoms with Crippen LogP contribution in [0.1, 0.15) is 13.8 Å². The normalized spacial score (nSPS) is 36.6. The Hall–Kier alpha value is -0.300. The summed E-state index contributed by atoms with van der Waals surface area (Å²) in [7, 11) is 0. The topological polar surface area (TPSA) is 0 Å². The van der Waals surface area contributed by atoms with Crippen molar-refractivity contribution in [3.8, 4) is 0 Å². The maximum Gasteiger partial charge on any atom is 0.0472 e. The van der Waals surface area contributed by atoms with E-state index in [1.807, 2.05) is 6.08 Å². The van der Waals surface area contributed by atoms with Crippen LogP contribution in [-0.4, -0.2) is 4.32 Å². The molecule has 0 bridgehead atoms. The predicted octanol–water partition coefficient (Wildman–Crippen LogP) is 3.46. The molecule has 0 saturated heterocycles. The molecule has 0 aromatic carbocycles. The molecule has 2 unspecified atom stereocenters. The highest BCUT2D eigenvalue weighted by Crippen LogP contribution is 2.34. The van der Waals surface area contributed by atoms with E-state index in [4.69, 9.17) is 0 Å². The predicted molar refractivity (Wildman–Crippen MR) is 53.9 cm³/mol. The van der Waals surface area contributed by atoms with Crippen molar-refractivity contribution >= 4 is 15.9 Å². The monoisotopic (exact) mass is 212 g/mol. The summed E-state index contributed by atoms with van der Waals surface area (Å²) < 4.78 is 0.125. The average Bonchev–Trinajstić information content (AvgIpc) is 1.95. The third-order valence-electron chi connectivity index (χ3n) is 2.17. The van der Waals surface area contributed by atoms with Crippen LogP contribution < -0.4 is 0 Å². The van der Waals surface area contributed by atoms with E-state index in [0.717, 1.165) is 0 Å². The summed E-state index contributed by atoms with van der Waals surface area (Å²) in [4.78, 5) is 0. The van der Waals surface area contributed by atoms with Gasteiger partial charge in [0.1, 0.15) is 0 Å². The molecule has 60 valence electrons. The summed E-state index contributed by atoms with van der Waals surface area (Å²) in [6, 6.07) is 0. The van der Waals surface area contributed by atoms with Gasteiger partial charge in [0.15, 0.2) is 0 Å². The molecule has 0 spiro atoms. The maximum absolute atomic E-state index is 3.73. The van der Waals surface area contributed by atoms with Crippen molar-refractivity contribution in [2.24, 2.45) is 5.92 Å². The van der Waals surface area contributed by atoms with Crippen LogP contribution in [0.4, 0.5) is 0 Å². The highest BCUT2D eigenvalue weighted by molar-refractivity contribution is 9.10. The summed E-state index contributed by atoms with van der Waals surface area (Å²) in [6.45, 7) is 8.10. The molecule has 0 heterocycles. The van der Waals surface area contributed by atoms with Crippen molar-refractivity contribution in [2.45, 2.75) is 18.2 Å². The fraction of sp³-hybridized carbons (Fsp3) is 0.400. The van der Waals surface area contributed by atoms with Gasteiger partial charge in [-0.05, 0) is 18.4 Å². The van der Waals surface area contributed by atoms with E-state index in [0.29, 0.717) is 5.92 Å². The van der Waals surface area contributed by atoms with Crippen molar-refractivity contribution in [3.63, 3.8) is 0 Å². The molecule has 0 aromatic rings. The first-order valence-electron chi connectivity index (χ1n) is 3.78. The molecule has 2 atom stereocenters. The second-order valence-electron chi connectivity index (χ2n) is 3.14. The second-order valence-corrected chi connectivity index (χ2v) is 4.85. The van der Waals surface area contributed by atoms with Crippen molar-refractivity contribution in [1.29, 1.82) is 0 Å². The fourth-order valence-corrected chi connectivity index (χ4v) is 1.32. The molecule has 0 amide bonds. The quantitative estimate of drug-likeness (QED) is 0.585. The summed E-state index contributed by atoms with van der Waals surface area (Å²) >= 11 is 3.65. The molecule has 0 fully saturated rings. The Balaban J connectivity index is 2.88. The van der Waals surface area contributed by atoms with E-state index in [-0.39, 0.29) is 4.32 Å². The van der Waals surface area contributed by atoms with Crippen LogP contribution in [0.5, 0.6) is 0 Å². The number of hydrogen-bond donors (Lipinski definition) is 0. The SMILES string of the molecule is C=CC1=CC(C)C(C)(Br)C=C1. The molecule has 1 aliphatic carbocycles. The largest absolute Gasteiger partial charge is 0.0985 e. The lowest BCUT2D eigenvalue weighted by Gasteiger charge is -2.27. The maximum atomic E-state index is 3.73. The Bertz CT molecular complexity index is 221. The van der Waals surface area contributed by atoms with Crippen LogP contribution in [0.3, 0.4) is 0 Å². The minimum Gasteiger partial charge on any atom is -0.0985 e. The Labute approximate surface area is 76.8 Å².